The number of hydrogen-bond acceptors (Lipinski definition) is 2. The minimum Gasteiger partial charge on any atom is -0.391 e. The Kier molecular flexibility index (Phi) is 5.86. The zero-order valence-corrected chi connectivity index (χ0v) is 9.97. The molecule has 0 heterocycles. The standard InChI is InChI=1S/C11H15F2NO.ClH/c1-6(2)11(15)10(14)9-7(12)4-3-5-8(9)13;/h3-6,10-11,15H,14H2,1-2H3;1H/t10-,11+;/m0./s1. The van der Waals surface area contributed by atoms with Crippen molar-refractivity contribution < 1.29 is 13.9 Å². The molecule has 0 aliphatic carbocycles. The van der Waals surface area contributed by atoms with Crippen LogP contribution in [0.25, 0.3) is 0 Å². The maximum atomic E-state index is 13.3. The van der Waals surface area contributed by atoms with Crippen molar-refractivity contribution in [1.82, 2.24) is 0 Å². The maximum absolute atomic E-state index is 13.3. The van der Waals surface area contributed by atoms with Crippen molar-refractivity contribution in [2.45, 2.75) is 26.0 Å². The van der Waals surface area contributed by atoms with Gasteiger partial charge in [-0.15, -0.1) is 12.4 Å². The van der Waals surface area contributed by atoms with Crippen LogP contribution in [0.15, 0.2) is 18.2 Å². The Bertz CT molecular complexity index is 327. The summed E-state index contributed by atoms with van der Waals surface area (Å²) in [7, 11) is 0. The van der Waals surface area contributed by atoms with E-state index in [1.165, 1.54) is 6.07 Å². The summed E-state index contributed by atoms with van der Waals surface area (Å²) < 4.78 is 26.6. The first-order valence-electron chi connectivity index (χ1n) is 4.82. The van der Waals surface area contributed by atoms with Crippen LogP contribution >= 0.6 is 12.4 Å². The van der Waals surface area contributed by atoms with Crippen molar-refractivity contribution in [2.24, 2.45) is 11.7 Å². The van der Waals surface area contributed by atoms with Crippen LogP contribution in [0, 0.1) is 17.6 Å². The van der Waals surface area contributed by atoms with Crippen LogP contribution < -0.4 is 5.73 Å². The minimum atomic E-state index is -1.04. The van der Waals surface area contributed by atoms with Gasteiger partial charge >= 0.3 is 0 Å². The summed E-state index contributed by atoms with van der Waals surface area (Å²) in [5.41, 5.74) is 5.36. The van der Waals surface area contributed by atoms with Crippen molar-refractivity contribution in [3.63, 3.8) is 0 Å². The zero-order chi connectivity index (χ0) is 11.6. The molecule has 5 heteroatoms. The predicted molar refractivity (Wildman–Crippen MR) is 61.4 cm³/mol. The second-order valence-electron chi connectivity index (χ2n) is 3.90. The van der Waals surface area contributed by atoms with Gasteiger partial charge in [0.1, 0.15) is 11.6 Å². The average molecular weight is 252 g/mol. The quantitative estimate of drug-likeness (QED) is 0.867. The molecule has 3 N–H and O–H groups in total. The van der Waals surface area contributed by atoms with Gasteiger partial charge in [-0.25, -0.2) is 8.78 Å². The Balaban J connectivity index is 0.00000225. The smallest absolute Gasteiger partial charge is 0.131 e. The van der Waals surface area contributed by atoms with Crippen molar-refractivity contribution >= 4 is 12.4 Å². The predicted octanol–water partition coefficient (Wildman–Crippen LogP) is 2.40. The van der Waals surface area contributed by atoms with Crippen molar-refractivity contribution in [1.29, 1.82) is 0 Å². The van der Waals surface area contributed by atoms with Crippen LogP contribution in [0.3, 0.4) is 0 Å². The normalized spacial score (nSPS) is 14.4. The highest BCUT2D eigenvalue weighted by molar-refractivity contribution is 5.85. The van der Waals surface area contributed by atoms with Crippen LogP contribution in [0.1, 0.15) is 25.5 Å². The third kappa shape index (κ3) is 3.14. The number of halogens is 3. The number of rotatable bonds is 3. The van der Waals surface area contributed by atoms with Gasteiger partial charge in [0.2, 0.25) is 0 Å². The molecule has 16 heavy (non-hydrogen) atoms. The Morgan fingerprint density at radius 2 is 1.62 bits per heavy atom. The molecule has 0 saturated carbocycles. The Morgan fingerprint density at radius 1 is 1.19 bits per heavy atom. The summed E-state index contributed by atoms with van der Waals surface area (Å²) in [6.45, 7) is 3.48. The van der Waals surface area contributed by atoms with E-state index < -0.39 is 23.8 Å². The first-order valence-corrected chi connectivity index (χ1v) is 4.82. The molecule has 1 rings (SSSR count). The molecule has 0 unspecified atom stereocenters. The average Bonchev–Trinajstić information content (AvgIpc) is 2.15. The third-order valence-corrected chi connectivity index (χ3v) is 2.38. The van der Waals surface area contributed by atoms with Crippen LogP contribution in [0.2, 0.25) is 0 Å². The molecule has 92 valence electrons. The van der Waals surface area contributed by atoms with Crippen LogP contribution in [-0.2, 0) is 0 Å². The molecule has 0 aliphatic rings. The molecule has 1 aromatic carbocycles. The molecule has 0 amide bonds. The lowest BCUT2D eigenvalue weighted by molar-refractivity contribution is 0.0952. The topological polar surface area (TPSA) is 46.2 Å². The monoisotopic (exact) mass is 251 g/mol. The van der Waals surface area contributed by atoms with Crippen LogP contribution in [-0.4, -0.2) is 11.2 Å². The summed E-state index contributed by atoms with van der Waals surface area (Å²) in [4.78, 5) is 0. The van der Waals surface area contributed by atoms with Gasteiger partial charge in [-0.05, 0) is 18.1 Å². The Hall–Kier alpha value is -0.710. The molecule has 0 spiro atoms. The summed E-state index contributed by atoms with van der Waals surface area (Å²) in [5.74, 6) is -1.59. The van der Waals surface area contributed by atoms with Crippen molar-refractivity contribution in [2.75, 3.05) is 0 Å². The molecule has 0 fully saturated rings. The highest BCUT2D eigenvalue weighted by atomic mass is 35.5. The molecule has 2 atom stereocenters. The maximum Gasteiger partial charge on any atom is 0.131 e. The molecule has 0 bridgehead atoms. The molecule has 0 saturated heterocycles. The summed E-state index contributed by atoms with van der Waals surface area (Å²) in [5, 5.41) is 9.64. The first kappa shape index (κ1) is 15.3. The molecule has 0 radical (unpaired) electrons. The van der Waals surface area contributed by atoms with Gasteiger partial charge in [0.05, 0.1) is 12.1 Å². The molecule has 1 aromatic rings. The molecule has 2 nitrogen and oxygen atoms in total. The van der Waals surface area contributed by atoms with E-state index in [4.69, 9.17) is 5.73 Å². The largest absolute Gasteiger partial charge is 0.391 e. The van der Waals surface area contributed by atoms with E-state index >= 15 is 0 Å². The second kappa shape index (κ2) is 6.13. The van der Waals surface area contributed by atoms with Crippen molar-refractivity contribution in [3.05, 3.63) is 35.4 Å². The lowest BCUT2D eigenvalue weighted by atomic mass is 9.94. The van der Waals surface area contributed by atoms with Gasteiger partial charge < -0.3 is 10.8 Å². The SMILES string of the molecule is CC(C)[C@@H](O)[C@@H](N)c1c(F)cccc1F.Cl. The molecule has 0 aliphatic heterocycles. The first-order chi connectivity index (χ1) is 6.95. The fourth-order valence-corrected chi connectivity index (χ4v) is 1.41. The highest BCUT2D eigenvalue weighted by Crippen LogP contribution is 2.24. The van der Waals surface area contributed by atoms with E-state index in [1.54, 1.807) is 13.8 Å². The minimum absolute atomic E-state index is 0. The van der Waals surface area contributed by atoms with E-state index in [2.05, 4.69) is 0 Å². The molecular weight excluding hydrogens is 236 g/mol. The van der Waals surface area contributed by atoms with Gasteiger partial charge in [0, 0.05) is 5.56 Å². The Morgan fingerprint density at radius 3 is 2.00 bits per heavy atom. The van der Waals surface area contributed by atoms with Gasteiger partial charge in [0.15, 0.2) is 0 Å². The van der Waals surface area contributed by atoms with E-state index in [1.807, 2.05) is 0 Å². The molecular formula is C11H16ClF2NO. The lowest BCUT2D eigenvalue weighted by Crippen LogP contribution is -2.32. The Labute approximate surface area is 99.9 Å². The van der Waals surface area contributed by atoms with Gasteiger partial charge in [-0.2, -0.15) is 0 Å². The number of benzene rings is 1. The number of hydrogen-bond donors (Lipinski definition) is 2. The third-order valence-electron chi connectivity index (χ3n) is 2.38. The summed E-state index contributed by atoms with van der Waals surface area (Å²) in [6, 6.07) is 2.49. The van der Waals surface area contributed by atoms with E-state index in [0.29, 0.717) is 0 Å². The molecule has 0 aromatic heterocycles. The highest BCUT2D eigenvalue weighted by Gasteiger charge is 2.25. The van der Waals surface area contributed by atoms with Gasteiger partial charge in [0.25, 0.3) is 0 Å². The van der Waals surface area contributed by atoms with E-state index in [9.17, 15) is 13.9 Å². The summed E-state index contributed by atoms with van der Waals surface area (Å²) >= 11 is 0. The second-order valence-corrected chi connectivity index (χ2v) is 3.90. The van der Waals surface area contributed by atoms with Crippen molar-refractivity contribution in [3.8, 4) is 0 Å². The van der Waals surface area contributed by atoms with Gasteiger partial charge in [-0.3, -0.25) is 0 Å². The number of nitrogens with two attached hydrogens (primary N) is 1. The fourth-order valence-electron chi connectivity index (χ4n) is 1.41. The van der Waals surface area contributed by atoms with E-state index in [0.717, 1.165) is 12.1 Å². The summed E-state index contributed by atoms with van der Waals surface area (Å²) in [6.07, 6.45) is -0.962. The lowest BCUT2D eigenvalue weighted by Gasteiger charge is -2.23. The number of aliphatic hydroxyl groups excluding tert-OH is 1. The number of aliphatic hydroxyl groups is 1. The zero-order valence-electron chi connectivity index (χ0n) is 9.15. The van der Waals surface area contributed by atoms with E-state index in [-0.39, 0.29) is 23.9 Å². The van der Waals surface area contributed by atoms with Crippen LogP contribution in [0.4, 0.5) is 8.78 Å². The fraction of sp³-hybridized carbons (Fsp3) is 0.455. The van der Waals surface area contributed by atoms with Crippen LogP contribution in [0.5, 0.6) is 0 Å². The van der Waals surface area contributed by atoms with Gasteiger partial charge in [-0.1, -0.05) is 19.9 Å².